The first-order chi connectivity index (χ1) is 21.0. The summed E-state index contributed by atoms with van der Waals surface area (Å²) in [4.78, 5) is 47.6. The lowest BCUT2D eigenvalue weighted by Crippen LogP contribution is -2.57. The summed E-state index contributed by atoms with van der Waals surface area (Å²) in [6.07, 6.45) is 5.72. The van der Waals surface area contributed by atoms with Gasteiger partial charge in [0.2, 0.25) is 5.91 Å². The molecule has 0 bridgehead atoms. The average molecular weight is 650 g/mol. The summed E-state index contributed by atoms with van der Waals surface area (Å²) >= 11 is 8.52. The van der Waals surface area contributed by atoms with Crippen molar-refractivity contribution in [3.05, 3.63) is 27.4 Å². The number of hydrogen-bond donors (Lipinski definition) is 2. The fourth-order valence-corrected chi connectivity index (χ4v) is 10.8. The molecule has 6 rings (SSSR count). The number of ether oxygens (including phenoxy) is 1. The highest BCUT2D eigenvalue weighted by molar-refractivity contribution is 8.00. The second-order valence-corrected chi connectivity index (χ2v) is 15.9. The molecule has 4 fully saturated rings. The van der Waals surface area contributed by atoms with Crippen LogP contribution in [-0.4, -0.2) is 111 Å². The number of amides is 1. The number of alkyl halides is 1. The van der Waals surface area contributed by atoms with E-state index < -0.39 is 5.97 Å². The van der Waals surface area contributed by atoms with Crippen LogP contribution in [-0.2, 0) is 33.7 Å². The Morgan fingerprint density at radius 3 is 2.70 bits per heavy atom. The van der Waals surface area contributed by atoms with Gasteiger partial charge in [-0.3, -0.25) is 19.0 Å². The van der Waals surface area contributed by atoms with Gasteiger partial charge in [-0.2, -0.15) is 11.8 Å². The molecule has 1 aromatic rings. The first-order valence-electron chi connectivity index (χ1n) is 16.4. The maximum atomic E-state index is 13.8. The number of fused-ring (bicyclic) bond motifs is 2. The molecule has 12 heteroatoms. The van der Waals surface area contributed by atoms with Crippen molar-refractivity contribution in [3.8, 4) is 0 Å². The van der Waals surface area contributed by atoms with E-state index in [1.807, 2.05) is 25.9 Å². The molecule has 3 aliphatic heterocycles. The second-order valence-electron chi connectivity index (χ2n) is 14.0. The molecule has 1 amide bonds. The lowest BCUT2D eigenvalue weighted by atomic mass is 9.70. The summed E-state index contributed by atoms with van der Waals surface area (Å²) < 4.78 is 8.36. The van der Waals surface area contributed by atoms with Crippen molar-refractivity contribution in [1.82, 2.24) is 24.7 Å². The molecule has 44 heavy (non-hydrogen) atoms. The molecule has 10 nitrogen and oxygen atoms in total. The normalized spacial score (nSPS) is 35.9. The number of carbonyl (C=O) groups excluding carboxylic acids is 1. The van der Waals surface area contributed by atoms with Crippen LogP contribution in [0.15, 0.2) is 4.79 Å². The Bertz CT molecular complexity index is 1310. The Morgan fingerprint density at radius 2 is 1.98 bits per heavy atom. The zero-order valence-electron chi connectivity index (χ0n) is 26.4. The molecule has 5 aliphatic rings. The monoisotopic (exact) mass is 649 g/mol. The topological polar surface area (TPSA) is 117 Å². The number of aryl methyl sites for hydroxylation is 2. The summed E-state index contributed by atoms with van der Waals surface area (Å²) in [5.74, 6) is 1.09. The van der Waals surface area contributed by atoms with E-state index in [9.17, 15) is 19.5 Å². The molecule has 2 aliphatic carbocycles. The van der Waals surface area contributed by atoms with Crippen molar-refractivity contribution in [2.75, 3.05) is 39.5 Å². The maximum Gasteiger partial charge on any atom is 0.308 e. The van der Waals surface area contributed by atoms with E-state index in [1.165, 1.54) is 0 Å². The highest BCUT2D eigenvalue weighted by atomic mass is 35.5. The SMILES string of the molecule is Cc1nc2c(c(=O)n1CCOC1CCC(Cl)CC1C1CC(C)NC3C(C(=O)O)CSC13)CC(N(C)C(=O)C1CN(C)C1)CC2. The van der Waals surface area contributed by atoms with Crippen LogP contribution < -0.4 is 10.9 Å². The van der Waals surface area contributed by atoms with Crippen LogP contribution in [0.5, 0.6) is 0 Å². The largest absolute Gasteiger partial charge is 0.481 e. The molecule has 1 aromatic heterocycles. The number of nitrogens with zero attached hydrogens (tertiary/aromatic N) is 4. The summed E-state index contributed by atoms with van der Waals surface area (Å²) in [6.45, 7) is 6.48. The number of halogens is 1. The lowest BCUT2D eigenvalue weighted by molar-refractivity contribution is -0.142. The highest BCUT2D eigenvalue weighted by Gasteiger charge is 2.51. The van der Waals surface area contributed by atoms with Gasteiger partial charge in [0.05, 0.1) is 36.8 Å². The highest BCUT2D eigenvalue weighted by Crippen LogP contribution is 2.48. The average Bonchev–Trinajstić information content (AvgIpc) is 3.40. The minimum absolute atomic E-state index is 0.0110. The van der Waals surface area contributed by atoms with E-state index in [-0.39, 0.29) is 64.1 Å². The predicted octanol–water partition coefficient (Wildman–Crippen LogP) is 2.40. The molecule has 0 aromatic carbocycles. The smallest absolute Gasteiger partial charge is 0.308 e. The predicted molar refractivity (Wildman–Crippen MR) is 171 cm³/mol. The van der Waals surface area contributed by atoms with Gasteiger partial charge in [-0.25, -0.2) is 4.98 Å². The first kappa shape index (κ1) is 32.3. The number of rotatable bonds is 8. The number of carbonyl (C=O) groups is 2. The molecule has 3 saturated heterocycles. The van der Waals surface area contributed by atoms with Crippen molar-refractivity contribution in [3.63, 3.8) is 0 Å². The van der Waals surface area contributed by atoms with Gasteiger partial charge in [0, 0.05) is 66.6 Å². The molecular weight excluding hydrogens is 602 g/mol. The number of likely N-dealkylation sites (N-methyl/N-ethyl adjacent to an activating group) is 1. The Balaban J connectivity index is 1.12. The zero-order valence-corrected chi connectivity index (χ0v) is 28.0. The number of thioether (sulfide) groups is 1. The van der Waals surface area contributed by atoms with Gasteiger partial charge < -0.3 is 25.0 Å². The van der Waals surface area contributed by atoms with Gasteiger partial charge in [-0.05, 0) is 71.3 Å². The van der Waals surface area contributed by atoms with Crippen LogP contribution in [0.1, 0.15) is 56.1 Å². The van der Waals surface area contributed by atoms with E-state index in [2.05, 4.69) is 17.1 Å². The van der Waals surface area contributed by atoms with E-state index in [0.717, 1.165) is 56.5 Å². The molecule has 244 valence electrons. The molecular formula is C32H48ClN5O5S. The number of carboxylic acid groups (broad SMARTS) is 1. The van der Waals surface area contributed by atoms with Crippen molar-refractivity contribution in [2.24, 2.45) is 23.7 Å². The molecule has 2 N–H and O–H groups in total. The standard InChI is InChI=1S/C32H48ClN5O5S/c1-17-11-23(29-28(34-17)25(16-44-29)32(41)42)22-12-20(33)5-8-27(22)43-10-9-38-18(2)35-26-7-6-21(13-24(26)31(38)40)37(4)30(39)19-14-36(3)15-19/h17,19-23,25,27-29,34H,5-16H2,1-4H3,(H,41,42). The van der Waals surface area contributed by atoms with Crippen LogP contribution in [0.4, 0.5) is 0 Å². The van der Waals surface area contributed by atoms with Crippen molar-refractivity contribution >= 4 is 35.2 Å². The van der Waals surface area contributed by atoms with Gasteiger partial charge in [-0.1, -0.05) is 0 Å². The molecule has 0 radical (unpaired) electrons. The molecule has 0 spiro atoms. The second kappa shape index (κ2) is 13.2. The van der Waals surface area contributed by atoms with E-state index >= 15 is 0 Å². The van der Waals surface area contributed by atoms with Crippen molar-refractivity contribution in [1.29, 1.82) is 0 Å². The first-order valence-corrected chi connectivity index (χ1v) is 17.9. The summed E-state index contributed by atoms with van der Waals surface area (Å²) in [7, 11) is 3.91. The van der Waals surface area contributed by atoms with Crippen LogP contribution in [0, 0.1) is 30.6 Å². The number of aromatic nitrogens is 2. The summed E-state index contributed by atoms with van der Waals surface area (Å²) in [5, 5.41) is 13.8. The summed E-state index contributed by atoms with van der Waals surface area (Å²) in [5.41, 5.74) is 1.59. The summed E-state index contributed by atoms with van der Waals surface area (Å²) in [6, 6.07) is 0.229. The lowest BCUT2D eigenvalue weighted by Gasteiger charge is -2.47. The number of carboxylic acids is 1. The number of aliphatic carboxylic acids is 1. The van der Waals surface area contributed by atoms with Crippen LogP contribution in [0.25, 0.3) is 0 Å². The Morgan fingerprint density at radius 1 is 1.20 bits per heavy atom. The van der Waals surface area contributed by atoms with Crippen molar-refractivity contribution < 1.29 is 19.4 Å². The number of hydrogen-bond acceptors (Lipinski definition) is 8. The Labute approximate surface area is 269 Å². The molecule has 4 heterocycles. The van der Waals surface area contributed by atoms with Gasteiger partial charge in [0.25, 0.3) is 5.56 Å². The number of piperidine rings is 1. The number of likely N-dealkylation sites (tertiary alicyclic amines) is 1. The van der Waals surface area contributed by atoms with E-state index in [1.54, 1.807) is 16.3 Å². The number of nitrogens with one attached hydrogen (secondary N) is 1. The Kier molecular flexibility index (Phi) is 9.70. The third kappa shape index (κ3) is 6.33. The van der Waals surface area contributed by atoms with E-state index in [4.69, 9.17) is 21.3 Å². The Hall–Kier alpha value is -1.66. The van der Waals surface area contributed by atoms with Gasteiger partial charge >= 0.3 is 5.97 Å². The van der Waals surface area contributed by atoms with Gasteiger partial charge in [0.15, 0.2) is 0 Å². The van der Waals surface area contributed by atoms with Gasteiger partial charge in [-0.15, -0.1) is 11.6 Å². The van der Waals surface area contributed by atoms with Crippen LogP contribution in [0.3, 0.4) is 0 Å². The fraction of sp³-hybridized carbons (Fsp3) is 0.812. The molecule has 9 unspecified atom stereocenters. The minimum Gasteiger partial charge on any atom is -0.481 e. The molecule has 9 atom stereocenters. The zero-order chi connectivity index (χ0) is 31.3. The van der Waals surface area contributed by atoms with Gasteiger partial charge in [0.1, 0.15) is 5.82 Å². The third-order valence-electron chi connectivity index (χ3n) is 11.1. The third-order valence-corrected chi connectivity index (χ3v) is 13.0. The molecule has 1 saturated carbocycles. The maximum absolute atomic E-state index is 13.8. The fourth-order valence-electron chi connectivity index (χ4n) is 8.64. The van der Waals surface area contributed by atoms with Crippen LogP contribution in [0.2, 0.25) is 0 Å². The van der Waals surface area contributed by atoms with E-state index in [0.29, 0.717) is 43.5 Å². The van der Waals surface area contributed by atoms with Crippen molar-refractivity contribution in [2.45, 2.75) is 100 Å². The quantitative estimate of drug-likeness (QED) is 0.410. The minimum atomic E-state index is -0.716. The van der Waals surface area contributed by atoms with Crippen LogP contribution >= 0.6 is 23.4 Å².